The Labute approximate surface area is 205 Å². The molecule has 1 saturated heterocycles. The van der Waals surface area contributed by atoms with Gasteiger partial charge in [0, 0.05) is 36.4 Å². The summed E-state index contributed by atoms with van der Waals surface area (Å²) in [5.74, 6) is -0.629. The van der Waals surface area contributed by atoms with Crippen LogP contribution >= 0.6 is 11.8 Å². The molecule has 3 rings (SSSR count). The number of carbonyl (C=O) groups excluding carboxylic acids is 3. The lowest BCUT2D eigenvalue weighted by molar-refractivity contribution is -0.142. The van der Waals surface area contributed by atoms with Crippen molar-refractivity contribution in [2.45, 2.75) is 61.8 Å². The third-order valence-electron chi connectivity index (χ3n) is 5.96. The summed E-state index contributed by atoms with van der Waals surface area (Å²) < 4.78 is 37.4. The van der Waals surface area contributed by atoms with E-state index in [0.717, 1.165) is 5.56 Å². The minimum atomic E-state index is -3.72. The number of thioether (sulfide) groups is 1. The smallest absolute Gasteiger partial charge is 0.408 e. The van der Waals surface area contributed by atoms with Crippen LogP contribution in [0, 0.1) is 12.8 Å². The quantitative estimate of drug-likeness (QED) is 0.554. The first-order valence-electron chi connectivity index (χ1n) is 11.1. The largest absolute Gasteiger partial charge is 0.467 e. The number of hydrogen-bond donors (Lipinski definition) is 1. The van der Waals surface area contributed by atoms with E-state index in [4.69, 9.17) is 9.47 Å². The van der Waals surface area contributed by atoms with Gasteiger partial charge < -0.3 is 14.8 Å². The highest BCUT2D eigenvalue weighted by atomic mass is 32.2. The lowest BCUT2D eigenvalue weighted by Crippen LogP contribution is -2.46. The van der Waals surface area contributed by atoms with Gasteiger partial charge >= 0.3 is 12.1 Å². The van der Waals surface area contributed by atoms with Crippen molar-refractivity contribution >= 4 is 39.6 Å². The Morgan fingerprint density at radius 1 is 1.26 bits per heavy atom. The number of aryl methyl sites for hydroxylation is 1. The molecule has 3 atom stereocenters. The molecule has 1 aliphatic heterocycles. The SMILES string of the molecule is COC(=O)[C@H](CS[C@]12CC(=O)C[C@H]1CN(S(=O)(=O)c1ccc(C)cc1)C2)NC(=O)OC(C)(C)C. The lowest BCUT2D eigenvalue weighted by atomic mass is 10.00. The number of rotatable bonds is 7. The van der Waals surface area contributed by atoms with Gasteiger partial charge in [0.25, 0.3) is 0 Å². The number of fused-ring (bicyclic) bond motifs is 1. The molecule has 11 heteroatoms. The van der Waals surface area contributed by atoms with Crippen molar-refractivity contribution in [3.8, 4) is 0 Å². The third kappa shape index (κ3) is 5.92. The number of nitrogens with one attached hydrogen (secondary N) is 1. The average molecular weight is 513 g/mol. The highest BCUT2D eigenvalue weighted by molar-refractivity contribution is 8.00. The minimum absolute atomic E-state index is 0.0691. The van der Waals surface area contributed by atoms with Crippen LogP contribution in [-0.4, -0.2) is 72.9 Å². The molecule has 0 radical (unpaired) electrons. The molecule has 1 aromatic carbocycles. The van der Waals surface area contributed by atoms with E-state index < -0.39 is 38.5 Å². The molecular weight excluding hydrogens is 480 g/mol. The van der Waals surface area contributed by atoms with Gasteiger partial charge in [-0.1, -0.05) is 17.7 Å². The van der Waals surface area contributed by atoms with Gasteiger partial charge in [-0.05, 0) is 45.7 Å². The Bertz CT molecular complexity index is 1050. The van der Waals surface area contributed by atoms with Crippen molar-refractivity contribution in [2.24, 2.45) is 5.92 Å². The zero-order chi connectivity index (χ0) is 25.3. The van der Waals surface area contributed by atoms with Crippen LogP contribution in [0.5, 0.6) is 0 Å². The Morgan fingerprint density at radius 2 is 1.91 bits per heavy atom. The molecule has 1 N–H and O–H groups in total. The molecule has 1 saturated carbocycles. The fourth-order valence-corrected chi connectivity index (χ4v) is 7.56. The van der Waals surface area contributed by atoms with E-state index in [0.29, 0.717) is 0 Å². The van der Waals surface area contributed by atoms with Crippen molar-refractivity contribution in [1.82, 2.24) is 9.62 Å². The van der Waals surface area contributed by atoms with E-state index in [2.05, 4.69) is 5.32 Å². The van der Waals surface area contributed by atoms with E-state index in [1.165, 1.54) is 23.2 Å². The maximum absolute atomic E-state index is 13.3. The Balaban J connectivity index is 1.76. The first-order chi connectivity index (χ1) is 15.8. The van der Waals surface area contributed by atoms with Crippen molar-refractivity contribution in [2.75, 3.05) is 26.0 Å². The molecule has 188 valence electrons. The van der Waals surface area contributed by atoms with Crippen LogP contribution in [0.4, 0.5) is 4.79 Å². The second-order valence-electron chi connectivity index (χ2n) is 9.82. The molecule has 2 fully saturated rings. The van der Waals surface area contributed by atoms with Crippen molar-refractivity contribution in [3.05, 3.63) is 29.8 Å². The van der Waals surface area contributed by atoms with Crippen LogP contribution in [0.15, 0.2) is 29.2 Å². The summed E-state index contributed by atoms with van der Waals surface area (Å²) in [4.78, 5) is 37.1. The molecule has 1 heterocycles. The summed E-state index contributed by atoms with van der Waals surface area (Å²) in [7, 11) is -2.50. The molecule has 34 heavy (non-hydrogen) atoms. The normalized spacial score (nSPS) is 23.9. The minimum Gasteiger partial charge on any atom is -0.467 e. The summed E-state index contributed by atoms with van der Waals surface area (Å²) in [5, 5.41) is 2.54. The van der Waals surface area contributed by atoms with E-state index in [1.54, 1.807) is 45.0 Å². The van der Waals surface area contributed by atoms with Crippen LogP contribution in [0.2, 0.25) is 0 Å². The molecule has 1 aliphatic carbocycles. The van der Waals surface area contributed by atoms with E-state index in [1.807, 2.05) is 6.92 Å². The van der Waals surface area contributed by atoms with Crippen LogP contribution in [0.3, 0.4) is 0 Å². The lowest BCUT2D eigenvalue weighted by Gasteiger charge is -2.29. The number of alkyl carbamates (subject to hydrolysis) is 1. The number of benzene rings is 1. The van der Waals surface area contributed by atoms with Gasteiger partial charge in [-0.2, -0.15) is 16.1 Å². The Kier molecular flexibility index (Phi) is 7.69. The first kappa shape index (κ1) is 26.5. The number of esters is 1. The number of amides is 1. The molecule has 9 nitrogen and oxygen atoms in total. The van der Waals surface area contributed by atoms with E-state index in [-0.39, 0.29) is 48.3 Å². The van der Waals surface area contributed by atoms with Crippen LogP contribution in [0.1, 0.15) is 39.2 Å². The van der Waals surface area contributed by atoms with Gasteiger partial charge in [0.15, 0.2) is 0 Å². The summed E-state index contributed by atoms with van der Waals surface area (Å²) in [6, 6.07) is 5.67. The predicted molar refractivity (Wildman–Crippen MR) is 128 cm³/mol. The summed E-state index contributed by atoms with van der Waals surface area (Å²) in [6.45, 7) is 7.41. The molecular formula is C23H32N2O7S2. The number of Topliss-reactive ketones (excluding diaryl/α,β-unsaturated/α-hetero) is 1. The zero-order valence-electron chi connectivity index (χ0n) is 20.1. The van der Waals surface area contributed by atoms with Gasteiger partial charge in [-0.3, -0.25) is 4.79 Å². The van der Waals surface area contributed by atoms with Gasteiger partial charge in [-0.25, -0.2) is 18.0 Å². The monoisotopic (exact) mass is 512 g/mol. The van der Waals surface area contributed by atoms with Crippen molar-refractivity contribution < 1.29 is 32.3 Å². The first-order valence-corrected chi connectivity index (χ1v) is 13.5. The molecule has 2 aliphatic rings. The Morgan fingerprint density at radius 3 is 2.50 bits per heavy atom. The van der Waals surface area contributed by atoms with E-state index >= 15 is 0 Å². The molecule has 1 aromatic rings. The summed E-state index contributed by atoms with van der Waals surface area (Å²) in [5.41, 5.74) is 0.219. The topological polar surface area (TPSA) is 119 Å². The molecule has 0 spiro atoms. The number of ether oxygens (including phenoxy) is 2. The number of ketones is 1. The number of hydrogen-bond acceptors (Lipinski definition) is 8. The summed E-state index contributed by atoms with van der Waals surface area (Å²) >= 11 is 1.34. The average Bonchev–Trinajstić information content (AvgIpc) is 3.22. The second kappa shape index (κ2) is 9.87. The van der Waals surface area contributed by atoms with Crippen LogP contribution in [-0.2, 0) is 29.1 Å². The van der Waals surface area contributed by atoms with Crippen LogP contribution < -0.4 is 5.32 Å². The maximum Gasteiger partial charge on any atom is 0.408 e. The number of carbonyl (C=O) groups is 3. The second-order valence-corrected chi connectivity index (χ2v) is 13.2. The van der Waals surface area contributed by atoms with Gasteiger partial charge in [0.2, 0.25) is 10.0 Å². The van der Waals surface area contributed by atoms with Crippen LogP contribution in [0.25, 0.3) is 0 Å². The highest BCUT2D eigenvalue weighted by Crippen LogP contribution is 2.50. The molecule has 0 bridgehead atoms. The van der Waals surface area contributed by atoms with Crippen molar-refractivity contribution in [1.29, 1.82) is 0 Å². The standard InChI is InChI=1S/C23H32N2O7S2/c1-15-6-8-18(9-7-15)34(29,30)25-12-16-10-17(26)11-23(16,14-25)33-13-19(20(27)31-5)24-21(28)32-22(2,3)4/h6-9,16,19H,10-14H2,1-5H3,(H,24,28)/t16-,19-,23-/m0/s1. The number of sulfonamides is 1. The maximum atomic E-state index is 13.3. The third-order valence-corrected chi connectivity index (χ3v) is 9.46. The van der Waals surface area contributed by atoms with Gasteiger partial charge in [-0.15, -0.1) is 0 Å². The van der Waals surface area contributed by atoms with Crippen molar-refractivity contribution in [3.63, 3.8) is 0 Å². The Hall–Kier alpha value is -2.11. The number of nitrogens with zero attached hydrogens (tertiary/aromatic N) is 1. The molecule has 1 amide bonds. The van der Waals surface area contributed by atoms with Gasteiger partial charge in [0.1, 0.15) is 17.4 Å². The molecule has 0 aromatic heterocycles. The fraction of sp³-hybridized carbons (Fsp3) is 0.609. The molecule has 0 unspecified atom stereocenters. The van der Waals surface area contributed by atoms with E-state index in [9.17, 15) is 22.8 Å². The summed E-state index contributed by atoms with van der Waals surface area (Å²) in [6.07, 6.45) is -0.257. The predicted octanol–water partition coefficient (Wildman–Crippen LogP) is 2.52. The van der Waals surface area contributed by atoms with Gasteiger partial charge in [0.05, 0.1) is 12.0 Å². The number of methoxy groups -OCH3 is 1. The zero-order valence-corrected chi connectivity index (χ0v) is 21.8. The fourth-order valence-electron chi connectivity index (χ4n) is 4.30. The highest BCUT2D eigenvalue weighted by Gasteiger charge is 2.56.